The van der Waals surface area contributed by atoms with Crippen molar-refractivity contribution >= 4 is 5.90 Å². The van der Waals surface area contributed by atoms with Gasteiger partial charge in [0.25, 0.3) is 0 Å². The first-order valence-corrected chi connectivity index (χ1v) is 4.64. The minimum atomic E-state index is -0.176. The molecule has 0 N–H and O–H groups in total. The summed E-state index contributed by atoms with van der Waals surface area (Å²) in [7, 11) is 1.64. The zero-order chi connectivity index (χ0) is 9.97. The number of rotatable bonds is 2. The molecule has 3 heteroatoms. The molecule has 0 unspecified atom stereocenters. The normalized spacial score (nSPS) is 25.7. The maximum atomic E-state index is 5.58. The van der Waals surface area contributed by atoms with Crippen molar-refractivity contribution < 1.29 is 9.47 Å². The fraction of sp³-hybridized carbons (Fsp3) is 0.364. The van der Waals surface area contributed by atoms with Gasteiger partial charge in [0.15, 0.2) is 6.23 Å². The van der Waals surface area contributed by atoms with Gasteiger partial charge < -0.3 is 9.47 Å². The first-order chi connectivity index (χ1) is 6.81. The van der Waals surface area contributed by atoms with Crippen molar-refractivity contribution in [3.05, 3.63) is 35.9 Å². The fourth-order valence-electron chi connectivity index (χ4n) is 1.45. The molecule has 0 saturated heterocycles. The zero-order valence-corrected chi connectivity index (χ0v) is 8.31. The molecule has 0 spiro atoms. The Hall–Kier alpha value is -1.35. The smallest absolute Gasteiger partial charge is 0.219 e. The van der Waals surface area contributed by atoms with Gasteiger partial charge >= 0.3 is 0 Å². The molecule has 2 atom stereocenters. The third kappa shape index (κ3) is 1.63. The molecule has 0 amide bonds. The van der Waals surface area contributed by atoms with Gasteiger partial charge in [-0.2, -0.15) is 0 Å². The van der Waals surface area contributed by atoms with Crippen molar-refractivity contribution in [2.24, 2.45) is 4.99 Å². The van der Waals surface area contributed by atoms with Crippen LogP contribution in [-0.4, -0.2) is 25.3 Å². The highest BCUT2D eigenvalue weighted by Gasteiger charge is 2.27. The van der Waals surface area contributed by atoms with Crippen LogP contribution >= 0.6 is 0 Å². The van der Waals surface area contributed by atoms with Gasteiger partial charge in [-0.05, 0) is 19.1 Å². The fourth-order valence-corrected chi connectivity index (χ4v) is 1.45. The second-order valence-electron chi connectivity index (χ2n) is 3.25. The van der Waals surface area contributed by atoms with Crippen molar-refractivity contribution in [2.45, 2.75) is 19.3 Å². The van der Waals surface area contributed by atoms with Crippen LogP contribution in [0.5, 0.6) is 0 Å². The summed E-state index contributed by atoms with van der Waals surface area (Å²) in [4.78, 5) is 4.33. The van der Waals surface area contributed by atoms with E-state index in [1.165, 1.54) is 0 Å². The molecule has 1 aliphatic heterocycles. The summed E-state index contributed by atoms with van der Waals surface area (Å²) < 4.78 is 10.7. The Bertz CT molecular complexity index is 334. The standard InChI is InChI=1S/C11H13NO2/c1-8-10(13-2)12-11(14-8)9-6-4-3-5-7-9/h3-8,10H,1-2H3/t8-,10-/m0/s1. The molecule has 0 saturated carbocycles. The highest BCUT2D eigenvalue weighted by molar-refractivity contribution is 5.95. The van der Waals surface area contributed by atoms with E-state index in [-0.39, 0.29) is 12.3 Å². The minimum absolute atomic E-state index is 0.00444. The molecule has 14 heavy (non-hydrogen) atoms. The maximum absolute atomic E-state index is 5.58. The molecule has 0 radical (unpaired) electrons. The van der Waals surface area contributed by atoms with Gasteiger partial charge in [-0.25, -0.2) is 4.99 Å². The molecule has 1 heterocycles. The van der Waals surface area contributed by atoms with Crippen LogP contribution < -0.4 is 0 Å². The van der Waals surface area contributed by atoms with Gasteiger partial charge in [0, 0.05) is 12.7 Å². The first kappa shape index (κ1) is 9.21. The van der Waals surface area contributed by atoms with Crippen molar-refractivity contribution in [2.75, 3.05) is 7.11 Å². The Morgan fingerprint density at radius 1 is 1.29 bits per heavy atom. The Balaban J connectivity index is 2.22. The molecule has 1 aromatic rings. The number of ether oxygens (including phenoxy) is 2. The van der Waals surface area contributed by atoms with Crippen LogP contribution in [0.25, 0.3) is 0 Å². The number of hydrogen-bond donors (Lipinski definition) is 0. The third-order valence-corrected chi connectivity index (χ3v) is 2.21. The average molecular weight is 191 g/mol. The lowest BCUT2D eigenvalue weighted by atomic mass is 10.2. The van der Waals surface area contributed by atoms with E-state index in [0.29, 0.717) is 5.90 Å². The SMILES string of the molecule is CO[C@@H]1N=C(c2ccccc2)O[C@H]1C. The molecule has 2 rings (SSSR count). The van der Waals surface area contributed by atoms with Crippen LogP contribution in [0.1, 0.15) is 12.5 Å². The van der Waals surface area contributed by atoms with Crippen LogP contribution in [0.2, 0.25) is 0 Å². The maximum Gasteiger partial charge on any atom is 0.219 e. The van der Waals surface area contributed by atoms with Crippen molar-refractivity contribution in [3.63, 3.8) is 0 Å². The monoisotopic (exact) mass is 191 g/mol. The van der Waals surface area contributed by atoms with Crippen LogP contribution in [0.4, 0.5) is 0 Å². The van der Waals surface area contributed by atoms with E-state index in [9.17, 15) is 0 Å². The van der Waals surface area contributed by atoms with E-state index < -0.39 is 0 Å². The minimum Gasteiger partial charge on any atom is -0.470 e. The topological polar surface area (TPSA) is 30.8 Å². The van der Waals surface area contributed by atoms with Crippen LogP contribution in [0.3, 0.4) is 0 Å². The second-order valence-corrected chi connectivity index (χ2v) is 3.25. The molecule has 1 aromatic carbocycles. The third-order valence-electron chi connectivity index (χ3n) is 2.21. The lowest BCUT2D eigenvalue weighted by Crippen LogP contribution is -2.19. The number of benzene rings is 1. The quantitative estimate of drug-likeness (QED) is 0.714. The average Bonchev–Trinajstić information content (AvgIpc) is 2.61. The summed E-state index contributed by atoms with van der Waals surface area (Å²) in [5.74, 6) is 0.671. The van der Waals surface area contributed by atoms with E-state index in [2.05, 4.69) is 4.99 Å². The molecule has 0 aromatic heterocycles. The molecule has 0 bridgehead atoms. The Morgan fingerprint density at radius 2 is 2.00 bits per heavy atom. The molecule has 74 valence electrons. The van der Waals surface area contributed by atoms with Crippen LogP contribution in [-0.2, 0) is 9.47 Å². The van der Waals surface area contributed by atoms with Crippen molar-refractivity contribution in [3.8, 4) is 0 Å². The number of aliphatic imine (C=N–C) groups is 1. The first-order valence-electron chi connectivity index (χ1n) is 4.64. The van der Waals surface area contributed by atoms with Gasteiger partial charge in [0.05, 0.1) is 0 Å². The summed E-state index contributed by atoms with van der Waals surface area (Å²) in [6.45, 7) is 1.95. The van der Waals surface area contributed by atoms with Crippen molar-refractivity contribution in [1.82, 2.24) is 0 Å². The molecule has 1 aliphatic rings. The van der Waals surface area contributed by atoms with E-state index >= 15 is 0 Å². The van der Waals surface area contributed by atoms with Gasteiger partial charge in [0.2, 0.25) is 5.90 Å². The Labute approximate surface area is 83.4 Å². The van der Waals surface area contributed by atoms with Crippen molar-refractivity contribution in [1.29, 1.82) is 0 Å². The summed E-state index contributed by atoms with van der Waals surface area (Å²) in [6.07, 6.45) is -0.180. The summed E-state index contributed by atoms with van der Waals surface area (Å²) in [6, 6.07) is 9.85. The number of hydrogen-bond acceptors (Lipinski definition) is 3. The van der Waals surface area contributed by atoms with Crippen LogP contribution in [0, 0.1) is 0 Å². The largest absolute Gasteiger partial charge is 0.470 e. The van der Waals surface area contributed by atoms with Gasteiger partial charge in [-0.15, -0.1) is 0 Å². The molecule has 0 fully saturated rings. The predicted molar refractivity (Wildman–Crippen MR) is 54.3 cm³/mol. The lowest BCUT2D eigenvalue weighted by molar-refractivity contribution is 0.0363. The Morgan fingerprint density at radius 3 is 2.57 bits per heavy atom. The van der Waals surface area contributed by atoms with E-state index in [1.54, 1.807) is 7.11 Å². The highest BCUT2D eigenvalue weighted by Crippen LogP contribution is 2.17. The van der Waals surface area contributed by atoms with Gasteiger partial charge in [0.1, 0.15) is 6.10 Å². The van der Waals surface area contributed by atoms with Gasteiger partial charge in [-0.3, -0.25) is 0 Å². The van der Waals surface area contributed by atoms with E-state index in [1.807, 2.05) is 37.3 Å². The highest BCUT2D eigenvalue weighted by atomic mass is 16.6. The molecule has 3 nitrogen and oxygen atoms in total. The molecule has 0 aliphatic carbocycles. The summed E-state index contributed by atoms with van der Waals surface area (Å²) in [5.41, 5.74) is 0.999. The van der Waals surface area contributed by atoms with E-state index in [0.717, 1.165) is 5.56 Å². The lowest BCUT2D eigenvalue weighted by Gasteiger charge is -2.09. The number of nitrogens with zero attached hydrogens (tertiary/aromatic N) is 1. The van der Waals surface area contributed by atoms with Crippen LogP contribution in [0.15, 0.2) is 35.3 Å². The zero-order valence-electron chi connectivity index (χ0n) is 8.31. The Kier molecular flexibility index (Phi) is 2.50. The predicted octanol–water partition coefficient (Wildman–Crippen LogP) is 1.82. The second kappa shape index (κ2) is 3.80. The molecular formula is C11H13NO2. The molecular weight excluding hydrogens is 178 g/mol. The summed E-state index contributed by atoms with van der Waals surface area (Å²) in [5, 5.41) is 0. The summed E-state index contributed by atoms with van der Waals surface area (Å²) >= 11 is 0. The van der Waals surface area contributed by atoms with Gasteiger partial charge in [-0.1, -0.05) is 18.2 Å². The van der Waals surface area contributed by atoms with E-state index in [4.69, 9.17) is 9.47 Å². The number of methoxy groups -OCH3 is 1.